The van der Waals surface area contributed by atoms with E-state index in [-0.39, 0.29) is 5.25 Å². The third-order valence-corrected chi connectivity index (χ3v) is 11.2. The molecular weight excluding hydrogens is 625 g/mol. The molecule has 0 saturated carbocycles. The number of rotatable bonds is 9. The van der Waals surface area contributed by atoms with E-state index < -0.39 is 5.60 Å². The van der Waals surface area contributed by atoms with Gasteiger partial charge in [-0.3, -0.25) is 0 Å². The SMILES string of the molecule is COC(c1ccc2ccccc2c1)(c1ccc2ccccc2c1)C(CC=C=C(c1ccc2ccccc2c1)c1ccc2ccccc2c1)SC. The van der Waals surface area contributed by atoms with Crippen molar-refractivity contribution in [3.8, 4) is 0 Å². The minimum atomic E-state index is -0.711. The van der Waals surface area contributed by atoms with Gasteiger partial charge in [-0.25, -0.2) is 0 Å². The minimum Gasteiger partial charge on any atom is -0.368 e. The highest BCUT2D eigenvalue weighted by molar-refractivity contribution is 7.99. The molecule has 0 radical (unpaired) electrons. The number of allylic oxidation sites excluding steroid dienone is 1. The van der Waals surface area contributed by atoms with E-state index >= 15 is 0 Å². The van der Waals surface area contributed by atoms with Gasteiger partial charge in [0.25, 0.3) is 0 Å². The van der Waals surface area contributed by atoms with E-state index in [1.165, 1.54) is 43.1 Å². The molecule has 0 bridgehead atoms. The molecule has 0 saturated heterocycles. The Labute approximate surface area is 298 Å². The fourth-order valence-electron chi connectivity index (χ4n) is 7.47. The number of hydrogen-bond acceptors (Lipinski definition) is 2. The zero-order valence-electron chi connectivity index (χ0n) is 28.3. The quantitative estimate of drug-likeness (QED) is 0.142. The second kappa shape index (κ2) is 13.9. The monoisotopic (exact) mass is 662 g/mol. The summed E-state index contributed by atoms with van der Waals surface area (Å²) in [7, 11) is 1.86. The molecular formula is C48H38OS. The molecule has 0 heterocycles. The molecule has 1 atom stereocenters. The third kappa shape index (κ3) is 5.93. The Morgan fingerprint density at radius 3 is 1.32 bits per heavy atom. The molecule has 0 N–H and O–H groups in total. The molecule has 1 unspecified atom stereocenters. The van der Waals surface area contributed by atoms with Gasteiger partial charge in [0.2, 0.25) is 0 Å². The van der Waals surface area contributed by atoms with Gasteiger partial charge < -0.3 is 4.74 Å². The van der Waals surface area contributed by atoms with Gasteiger partial charge >= 0.3 is 0 Å². The molecule has 0 aliphatic carbocycles. The van der Waals surface area contributed by atoms with Gasteiger partial charge in [-0.05, 0) is 108 Å². The van der Waals surface area contributed by atoms with Gasteiger partial charge in [0.1, 0.15) is 5.60 Å². The number of fused-ring (bicyclic) bond motifs is 4. The lowest BCUT2D eigenvalue weighted by Crippen LogP contribution is -2.40. The van der Waals surface area contributed by atoms with Crippen molar-refractivity contribution >= 4 is 60.4 Å². The Morgan fingerprint density at radius 1 is 0.540 bits per heavy atom. The summed E-state index contributed by atoms with van der Waals surface area (Å²) in [4.78, 5) is 0. The van der Waals surface area contributed by atoms with Crippen LogP contribution in [0, 0.1) is 0 Å². The molecule has 50 heavy (non-hydrogen) atoms. The van der Waals surface area contributed by atoms with Crippen LogP contribution in [-0.4, -0.2) is 18.6 Å². The van der Waals surface area contributed by atoms with Gasteiger partial charge in [0, 0.05) is 17.9 Å². The molecule has 8 rings (SSSR count). The summed E-state index contributed by atoms with van der Waals surface area (Å²) in [5.41, 5.74) is 8.80. The van der Waals surface area contributed by atoms with Crippen LogP contribution < -0.4 is 0 Å². The standard InChI is InChI=1S/C48H38OS/c1-49-48(44-28-26-36-14-5-9-18-40(36)32-44,45-29-27-37-15-6-10-19-41(37)33-45)47(50-2)21-11-20-46(42-24-22-34-12-3-7-16-38(34)30-42)43-25-23-35-13-4-8-17-39(35)31-43/h3-19,22-33,47H,21H2,1-2H3. The van der Waals surface area contributed by atoms with Crippen LogP contribution in [0.4, 0.5) is 0 Å². The normalized spacial score (nSPS) is 12.3. The number of ether oxygens (including phenoxy) is 1. The van der Waals surface area contributed by atoms with Crippen molar-refractivity contribution in [2.45, 2.75) is 17.3 Å². The van der Waals surface area contributed by atoms with Crippen LogP contribution in [0.2, 0.25) is 0 Å². The van der Waals surface area contributed by atoms with Crippen molar-refractivity contribution in [2.75, 3.05) is 13.4 Å². The van der Waals surface area contributed by atoms with E-state index in [0.29, 0.717) is 0 Å². The minimum absolute atomic E-state index is 0.0526. The lowest BCUT2D eigenvalue weighted by Gasteiger charge is -2.40. The van der Waals surface area contributed by atoms with Crippen LogP contribution in [0.3, 0.4) is 0 Å². The van der Waals surface area contributed by atoms with Crippen LogP contribution >= 0.6 is 11.8 Å². The van der Waals surface area contributed by atoms with Crippen molar-refractivity contribution in [2.24, 2.45) is 0 Å². The highest BCUT2D eigenvalue weighted by Crippen LogP contribution is 2.45. The van der Waals surface area contributed by atoms with Crippen molar-refractivity contribution in [1.29, 1.82) is 0 Å². The fraction of sp³-hybridized carbons (Fsp3) is 0.104. The van der Waals surface area contributed by atoms with Gasteiger partial charge in [0.05, 0.1) is 0 Å². The van der Waals surface area contributed by atoms with Gasteiger partial charge in [-0.1, -0.05) is 146 Å². The maximum absolute atomic E-state index is 6.81. The maximum Gasteiger partial charge on any atom is 0.130 e. The average molecular weight is 663 g/mol. The zero-order valence-corrected chi connectivity index (χ0v) is 29.2. The van der Waals surface area contributed by atoms with Crippen LogP contribution in [-0.2, 0) is 10.3 Å². The van der Waals surface area contributed by atoms with Gasteiger partial charge in [-0.2, -0.15) is 11.8 Å². The number of methoxy groups -OCH3 is 1. The second-order valence-electron chi connectivity index (χ2n) is 12.9. The summed E-state index contributed by atoms with van der Waals surface area (Å²) in [5.74, 6) is 0. The van der Waals surface area contributed by atoms with E-state index in [1.54, 1.807) is 0 Å². The zero-order chi connectivity index (χ0) is 33.9. The lowest BCUT2D eigenvalue weighted by molar-refractivity contribution is 0.0209. The molecule has 8 aromatic carbocycles. The van der Waals surface area contributed by atoms with Crippen molar-refractivity contribution in [3.05, 3.63) is 204 Å². The molecule has 0 amide bonds. The third-order valence-electron chi connectivity index (χ3n) is 10.1. The Kier molecular flexibility index (Phi) is 8.84. The van der Waals surface area contributed by atoms with Crippen LogP contribution in [0.25, 0.3) is 48.7 Å². The van der Waals surface area contributed by atoms with Crippen LogP contribution in [0.5, 0.6) is 0 Å². The molecule has 0 aliphatic rings. The summed E-state index contributed by atoms with van der Waals surface area (Å²) in [6.07, 6.45) is 5.18. The van der Waals surface area contributed by atoms with Crippen molar-refractivity contribution in [1.82, 2.24) is 0 Å². The van der Waals surface area contributed by atoms with Crippen LogP contribution in [0.15, 0.2) is 182 Å². The largest absolute Gasteiger partial charge is 0.368 e. The van der Waals surface area contributed by atoms with Crippen molar-refractivity contribution in [3.63, 3.8) is 0 Å². The molecule has 0 fully saturated rings. The molecule has 0 aromatic heterocycles. The Bertz CT molecular complexity index is 2390. The number of thioether (sulfide) groups is 1. The van der Waals surface area contributed by atoms with Crippen molar-refractivity contribution < 1.29 is 4.74 Å². The highest BCUT2D eigenvalue weighted by Gasteiger charge is 2.42. The maximum atomic E-state index is 6.81. The first-order valence-corrected chi connectivity index (χ1v) is 18.4. The number of hydrogen-bond donors (Lipinski definition) is 0. The molecule has 1 nitrogen and oxygen atoms in total. The summed E-state index contributed by atoms with van der Waals surface area (Å²) < 4.78 is 6.81. The summed E-state index contributed by atoms with van der Waals surface area (Å²) in [5, 5.41) is 9.81. The molecule has 0 aliphatic heterocycles. The predicted octanol–water partition coefficient (Wildman–Crippen LogP) is 12.6. The van der Waals surface area contributed by atoms with Gasteiger partial charge in [-0.15, -0.1) is 5.73 Å². The van der Waals surface area contributed by atoms with E-state index in [9.17, 15) is 0 Å². The summed E-state index contributed by atoms with van der Waals surface area (Å²) in [6.45, 7) is 0. The summed E-state index contributed by atoms with van der Waals surface area (Å²) >= 11 is 1.84. The first kappa shape index (κ1) is 31.9. The van der Waals surface area contributed by atoms with Gasteiger partial charge in [0.15, 0.2) is 0 Å². The lowest BCUT2D eigenvalue weighted by atomic mass is 9.80. The smallest absolute Gasteiger partial charge is 0.130 e. The molecule has 0 spiro atoms. The molecule has 8 aromatic rings. The fourth-order valence-corrected chi connectivity index (χ4v) is 8.45. The average Bonchev–Trinajstić information content (AvgIpc) is 3.18. The Hall–Kier alpha value is -5.37. The number of benzene rings is 8. The first-order valence-electron chi connectivity index (χ1n) is 17.2. The first-order chi connectivity index (χ1) is 24.7. The molecule has 242 valence electrons. The Morgan fingerprint density at radius 2 is 0.920 bits per heavy atom. The Balaban J connectivity index is 1.29. The second-order valence-corrected chi connectivity index (χ2v) is 13.9. The van der Waals surface area contributed by atoms with E-state index in [4.69, 9.17) is 4.74 Å². The summed E-state index contributed by atoms with van der Waals surface area (Å²) in [6, 6.07) is 61.3. The van der Waals surface area contributed by atoms with E-state index in [0.717, 1.165) is 34.2 Å². The van der Waals surface area contributed by atoms with E-state index in [2.05, 4.69) is 188 Å². The van der Waals surface area contributed by atoms with E-state index in [1.807, 2.05) is 18.9 Å². The molecule has 2 heteroatoms. The predicted molar refractivity (Wildman–Crippen MR) is 216 cm³/mol. The van der Waals surface area contributed by atoms with Crippen LogP contribution in [0.1, 0.15) is 28.7 Å². The highest BCUT2D eigenvalue weighted by atomic mass is 32.2. The topological polar surface area (TPSA) is 9.23 Å².